The number of aromatic amines is 1. The number of carboxylic acid groups (broad SMARTS) is 1. The number of aromatic carboxylic acids is 1. The van der Waals surface area contributed by atoms with Gasteiger partial charge in [-0.25, -0.2) is 4.79 Å². The molecule has 2 heterocycles. The minimum atomic E-state index is -1.01. The highest BCUT2D eigenvalue weighted by molar-refractivity contribution is 6.09. The van der Waals surface area contributed by atoms with Crippen LogP contribution in [0, 0.1) is 0 Å². The van der Waals surface area contributed by atoms with Crippen LogP contribution >= 0.6 is 0 Å². The van der Waals surface area contributed by atoms with Crippen LogP contribution in [0.5, 0.6) is 5.75 Å². The van der Waals surface area contributed by atoms with Crippen molar-refractivity contribution in [2.45, 2.75) is 0 Å². The summed E-state index contributed by atoms with van der Waals surface area (Å²) < 4.78 is 10.4. The van der Waals surface area contributed by atoms with Crippen LogP contribution in [0.25, 0.3) is 22.4 Å². The maximum atomic E-state index is 11.5. The van der Waals surface area contributed by atoms with Crippen LogP contribution in [0.4, 0.5) is 0 Å². The Bertz CT molecular complexity index is 740. The van der Waals surface area contributed by atoms with Crippen LogP contribution in [-0.2, 0) is 0 Å². The monoisotopic (exact) mass is 257 g/mol. The summed E-state index contributed by atoms with van der Waals surface area (Å²) in [5.41, 5.74) is 1.37. The van der Waals surface area contributed by atoms with Gasteiger partial charge in [-0.05, 0) is 30.3 Å². The van der Waals surface area contributed by atoms with Gasteiger partial charge in [0.1, 0.15) is 5.75 Å². The number of nitrogens with one attached hydrogen (secondary N) is 1. The van der Waals surface area contributed by atoms with Crippen LogP contribution in [0.3, 0.4) is 0 Å². The fourth-order valence-electron chi connectivity index (χ4n) is 2.13. The lowest BCUT2D eigenvalue weighted by atomic mass is 10.1. The van der Waals surface area contributed by atoms with Crippen LogP contribution in [-0.4, -0.2) is 23.2 Å². The molecule has 3 aromatic rings. The lowest BCUT2D eigenvalue weighted by Gasteiger charge is -1.99. The fraction of sp³-hybridized carbons (Fsp3) is 0.0714. The first-order valence-corrected chi connectivity index (χ1v) is 5.67. The van der Waals surface area contributed by atoms with Gasteiger partial charge in [-0.1, -0.05) is 0 Å². The molecule has 1 aromatic carbocycles. The predicted octanol–water partition coefficient (Wildman–Crippen LogP) is 3.13. The number of hydrogen-bond acceptors (Lipinski definition) is 3. The van der Waals surface area contributed by atoms with E-state index in [1.807, 2.05) is 0 Å². The third kappa shape index (κ3) is 1.76. The summed E-state index contributed by atoms with van der Waals surface area (Å²) in [6.07, 6.45) is 1.51. The molecule has 0 aliphatic heterocycles. The molecule has 5 nitrogen and oxygen atoms in total. The molecular formula is C14H11NO4. The molecule has 3 rings (SSSR count). The minimum Gasteiger partial charge on any atom is -0.497 e. The highest BCUT2D eigenvalue weighted by atomic mass is 16.5. The zero-order valence-corrected chi connectivity index (χ0v) is 10.1. The second-order valence-electron chi connectivity index (χ2n) is 4.07. The van der Waals surface area contributed by atoms with Crippen molar-refractivity contribution in [3.8, 4) is 17.2 Å². The van der Waals surface area contributed by atoms with Crippen molar-refractivity contribution in [2.75, 3.05) is 7.11 Å². The number of carboxylic acids is 1. The molecule has 0 unspecified atom stereocenters. The molecule has 0 amide bonds. The number of benzene rings is 1. The van der Waals surface area contributed by atoms with E-state index in [1.54, 1.807) is 37.4 Å². The third-order valence-corrected chi connectivity index (χ3v) is 2.99. The molecule has 0 aliphatic carbocycles. The second kappa shape index (κ2) is 4.20. The van der Waals surface area contributed by atoms with Gasteiger partial charge in [-0.2, -0.15) is 0 Å². The Morgan fingerprint density at radius 1 is 1.37 bits per heavy atom. The second-order valence-corrected chi connectivity index (χ2v) is 4.07. The van der Waals surface area contributed by atoms with E-state index in [0.717, 1.165) is 5.52 Å². The summed E-state index contributed by atoms with van der Waals surface area (Å²) in [6.45, 7) is 0. The van der Waals surface area contributed by atoms with E-state index in [-0.39, 0.29) is 5.56 Å². The molecule has 0 fully saturated rings. The van der Waals surface area contributed by atoms with Crippen LogP contribution in [0.1, 0.15) is 10.4 Å². The molecule has 0 saturated heterocycles. The number of carbonyl (C=O) groups is 1. The maximum absolute atomic E-state index is 11.5. The first-order valence-electron chi connectivity index (χ1n) is 5.67. The van der Waals surface area contributed by atoms with E-state index >= 15 is 0 Å². The minimum absolute atomic E-state index is 0.184. The number of methoxy groups -OCH3 is 1. The standard InChI is InChI=1S/C14H11NO4/c1-18-8-4-5-10-9(7-8)12(14(16)17)13(15-10)11-3-2-6-19-11/h2-7,15H,1H3,(H,16,17). The molecule has 0 radical (unpaired) electrons. The summed E-state index contributed by atoms with van der Waals surface area (Å²) in [7, 11) is 1.54. The normalized spacial score (nSPS) is 10.8. The Morgan fingerprint density at radius 3 is 2.84 bits per heavy atom. The van der Waals surface area contributed by atoms with Crippen molar-refractivity contribution >= 4 is 16.9 Å². The van der Waals surface area contributed by atoms with Crippen molar-refractivity contribution in [3.63, 3.8) is 0 Å². The Morgan fingerprint density at radius 2 is 2.21 bits per heavy atom. The number of hydrogen-bond donors (Lipinski definition) is 2. The molecular weight excluding hydrogens is 246 g/mol. The van der Waals surface area contributed by atoms with E-state index in [4.69, 9.17) is 9.15 Å². The molecule has 0 saturated carbocycles. The topological polar surface area (TPSA) is 75.5 Å². The maximum Gasteiger partial charge on any atom is 0.338 e. The Hall–Kier alpha value is -2.69. The van der Waals surface area contributed by atoms with Gasteiger partial charge in [-0.15, -0.1) is 0 Å². The predicted molar refractivity (Wildman–Crippen MR) is 69.5 cm³/mol. The lowest BCUT2D eigenvalue weighted by Crippen LogP contribution is -1.97. The molecule has 19 heavy (non-hydrogen) atoms. The lowest BCUT2D eigenvalue weighted by molar-refractivity contribution is 0.0699. The fourth-order valence-corrected chi connectivity index (χ4v) is 2.13. The first-order chi connectivity index (χ1) is 9.20. The summed E-state index contributed by atoms with van der Waals surface area (Å²) in [4.78, 5) is 14.6. The summed E-state index contributed by atoms with van der Waals surface area (Å²) in [5, 5.41) is 10.0. The third-order valence-electron chi connectivity index (χ3n) is 2.99. The van der Waals surface area contributed by atoms with Gasteiger partial charge in [0.05, 0.1) is 24.6 Å². The number of fused-ring (bicyclic) bond motifs is 1. The van der Waals surface area contributed by atoms with Gasteiger partial charge in [0.25, 0.3) is 0 Å². The average Bonchev–Trinajstić information content (AvgIpc) is 3.04. The van der Waals surface area contributed by atoms with Gasteiger partial charge >= 0.3 is 5.97 Å². The zero-order chi connectivity index (χ0) is 13.4. The molecule has 0 aliphatic rings. The Kier molecular flexibility index (Phi) is 2.52. The van der Waals surface area contributed by atoms with E-state index in [2.05, 4.69) is 4.98 Å². The average molecular weight is 257 g/mol. The molecule has 0 bridgehead atoms. The number of rotatable bonds is 3. The van der Waals surface area contributed by atoms with Crippen LogP contribution in [0.2, 0.25) is 0 Å². The summed E-state index contributed by atoms with van der Waals surface area (Å²) >= 11 is 0. The molecule has 2 N–H and O–H groups in total. The number of ether oxygens (including phenoxy) is 1. The largest absolute Gasteiger partial charge is 0.497 e. The first kappa shape index (κ1) is 11.4. The number of furan rings is 1. The smallest absolute Gasteiger partial charge is 0.338 e. The van der Waals surface area contributed by atoms with E-state index in [9.17, 15) is 9.90 Å². The van der Waals surface area contributed by atoms with Crippen LogP contribution < -0.4 is 4.74 Å². The number of H-pyrrole nitrogens is 1. The van der Waals surface area contributed by atoms with Gasteiger partial charge in [0.15, 0.2) is 5.76 Å². The van der Waals surface area contributed by atoms with Crippen molar-refractivity contribution in [2.24, 2.45) is 0 Å². The highest BCUT2D eigenvalue weighted by Gasteiger charge is 2.20. The molecule has 5 heteroatoms. The van der Waals surface area contributed by atoms with Gasteiger partial charge in [-0.3, -0.25) is 0 Å². The molecule has 0 atom stereocenters. The highest BCUT2D eigenvalue weighted by Crippen LogP contribution is 2.32. The molecule has 0 spiro atoms. The van der Waals surface area contributed by atoms with Crippen molar-refractivity contribution in [3.05, 3.63) is 42.2 Å². The summed E-state index contributed by atoms with van der Waals surface area (Å²) in [6, 6.07) is 8.69. The van der Waals surface area contributed by atoms with Gasteiger partial charge in [0, 0.05) is 10.9 Å². The van der Waals surface area contributed by atoms with Gasteiger partial charge in [0.2, 0.25) is 0 Å². The molecule has 2 aromatic heterocycles. The zero-order valence-electron chi connectivity index (χ0n) is 10.1. The van der Waals surface area contributed by atoms with E-state index in [0.29, 0.717) is 22.6 Å². The van der Waals surface area contributed by atoms with E-state index in [1.165, 1.54) is 6.26 Å². The van der Waals surface area contributed by atoms with Crippen molar-refractivity contribution in [1.82, 2.24) is 4.98 Å². The molecule has 96 valence electrons. The van der Waals surface area contributed by atoms with E-state index < -0.39 is 5.97 Å². The Labute approximate surface area is 108 Å². The SMILES string of the molecule is COc1ccc2[nH]c(-c3ccco3)c(C(=O)O)c2c1. The van der Waals surface area contributed by atoms with Crippen molar-refractivity contribution < 1.29 is 19.1 Å². The van der Waals surface area contributed by atoms with Crippen LogP contribution in [0.15, 0.2) is 41.0 Å². The quantitative estimate of drug-likeness (QED) is 0.755. The number of aromatic nitrogens is 1. The van der Waals surface area contributed by atoms with Crippen molar-refractivity contribution in [1.29, 1.82) is 0 Å². The Balaban J connectivity index is 2.34. The summed E-state index contributed by atoms with van der Waals surface area (Å²) in [5.74, 6) is 0.0958. The van der Waals surface area contributed by atoms with Gasteiger partial charge < -0.3 is 19.2 Å².